The number of benzene rings is 3. The molecule has 0 radical (unpaired) electrons. The van der Waals surface area contributed by atoms with Gasteiger partial charge in [0.1, 0.15) is 11.5 Å². The Labute approximate surface area is 184 Å². The summed E-state index contributed by atoms with van der Waals surface area (Å²) in [5.74, 6) is 0.348. The summed E-state index contributed by atoms with van der Waals surface area (Å²) in [5, 5.41) is 13.2. The average molecular weight is 457 g/mol. The zero-order chi connectivity index (χ0) is 23.1. The summed E-state index contributed by atoms with van der Waals surface area (Å²) in [6.45, 7) is -0.362. The molecule has 0 aliphatic heterocycles. The van der Waals surface area contributed by atoms with Crippen molar-refractivity contribution in [2.75, 3.05) is 23.8 Å². The average Bonchev–Trinajstić information content (AvgIpc) is 2.78. The van der Waals surface area contributed by atoms with E-state index in [1.54, 1.807) is 24.3 Å². The zero-order valence-corrected chi connectivity index (χ0v) is 17.7. The van der Waals surface area contributed by atoms with Crippen LogP contribution in [0.4, 0.5) is 17.1 Å². The third-order valence-corrected chi connectivity index (χ3v) is 5.57. The lowest BCUT2D eigenvalue weighted by Gasteiger charge is -2.11. The molecule has 0 aliphatic rings. The SMILES string of the molecule is COc1ccc(NS(=O)(=O)c2cccc(NC(=O)COc3ccc([N+](=O)[O-])cc3)c2)cc1. The number of rotatable bonds is 9. The highest BCUT2D eigenvalue weighted by molar-refractivity contribution is 7.92. The van der Waals surface area contributed by atoms with E-state index in [2.05, 4.69) is 10.0 Å². The molecule has 11 heteroatoms. The molecule has 0 atom stereocenters. The van der Waals surface area contributed by atoms with Gasteiger partial charge >= 0.3 is 0 Å². The van der Waals surface area contributed by atoms with Gasteiger partial charge < -0.3 is 14.8 Å². The normalized spacial score (nSPS) is 10.8. The van der Waals surface area contributed by atoms with Crippen LogP contribution in [0.3, 0.4) is 0 Å². The molecule has 3 aromatic rings. The van der Waals surface area contributed by atoms with Crippen molar-refractivity contribution < 1.29 is 27.6 Å². The molecule has 166 valence electrons. The number of ether oxygens (including phenoxy) is 2. The molecule has 1 amide bonds. The minimum Gasteiger partial charge on any atom is -0.497 e. The largest absolute Gasteiger partial charge is 0.497 e. The van der Waals surface area contributed by atoms with Crippen molar-refractivity contribution in [3.8, 4) is 11.5 Å². The molecule has 0 unspecified atom stereocenters. The molecule has 0 spiro atoms. The second-order valence-corrected chi connectivity index (χ2v) is 8.13. The first-order valence-corrected chi connectivity index (χ1v) is 10.7. The molecule has 0 heterocycles. The Kier molecular flexibility index (Phi) is 6.90. The summed E-state index contributed by atoms with van der Waals surface area (Å²) in [5.41, 5.74) is 0.528. The van der Waals surface area contributed by atoms with E-state index in [1.165, 1.54) is 55.6 Å². The van der Waals surface area contributed by atoms with E-state index in [4.69, 9.17) is 9.47 Å². The Morgan fingerprint density at radius 2 is 1.62 bits per heavy atom. The summed E-state index contributed by atoms with van der Waals surface area (Å²) >= 11 is 0. The van der Waals surface area contributed by atoms with Crippen molar-refractivity contribution in [1.82, 2.24) is 0 Å². The van der Waals surface area contributed by atoms with Crippen LogP contribution in [0.15, 0.2) is 77.7 Å². The quantitative estimate of drug-likeness (QED) is 0.371. The molecule has 2 N–H and O–H groups in total. The van der Waals surface area contributed by atoms with Gasteiger partial charge in [0.25, 0.3) is 21.6 Å². The predicted octanol–water partition coefficient (Wildman–Crippen LogP) is 3.42. The highest BCUT2D eigenvalue weighted by Gasteiger charge is 2.15. The molecular formula is C21H19N3O7S. The van der Waals surface area contributed by atoms with E-state index < -0.39 is 20.9 Å². The third kappa shape index (κ3) is 5.95. The molecule has 0 aliphatic carbocycles. The van der Waals surface area contributed by atoms with Gasteiger partial charge in [0, 0.05) is 23.5 Å². The molecule has 3 aromatic carbocycles. The van der Waals surface area contributed by atoms with Gasteiger partial charge in [0.15, 0.2) is 6.61 Å². The maximum atomic E-state index is 12.7. The van der Waals surface area contributed by atoms with Gasteiger partial charge in [-0.25, -0.2) is 8.42 Å². The number of sulfonamides is 1. The predicted molar refractivity (Wildman–Crippen MR) is 117 cm³/mol. The summed E-state index contributed by atoms with van der Waals surface area (Å²) in [6, 6.07) is 17.4. The maximum Gasteiger partial charge on any atom is 0.269 e. The number of non-ortho nitro benzene ring substituents is 1. The van der Waals surface area contributed by atoms with Crippen LogP contribution in [0.2, 0.25) is 0 Å². The number of nitro groups is 1. The van der Waals surface area contributed by atoms with Gasteiger partial charge in [-0.15, -0.1) is 0 Å². The first-order chi connectivity index (χ1) is 15.3. The highest BCUT2D eigenvalue weighted by Crippen LogP contribution is 2.21. The van der Waals surface area contributed by atoms with Crippen molar-refractivity contribution in [2.24, 2.45) is 0 Å². The number of anilines is 2. The van der Waals surface area contributed by atoms with Gasteiger partial charge in [0.05, 0.1) is 16.9 Å². The van der Waals surface area contributed by atoms with Crippen LogP contribution in [-0.2, 0) is 14.8 Å². The molecule has 3 rings (SSSR count). The van der Waals surface area contributed by atoms with E-state index in [9.17, 15) is 23.3 Å². The van der Waals surface area contributed by atoms with Crippen LogP contribution < -0.4 is 19.5 Å². The van der Waals surface area contributed by atoms with Crippen molar-refractivity contribution in [1.29, 1.82) is 0 Å². The molecule has 0 saturated heterocycles. The lowest BCUT2D eigenvalue weighted by Crippen LogP contribution is -2.20. The van der Waals surface area contributed by atoms with Crippen molar-refractivity contribution >= 4 is 33.0 Å². The Hall–Kier alpha value is -4.12. The Morgan fingerprint density at radius 1 is 0.969 bits per heavy atom. The van der Waals surface area contributed by atoms with Gasteiger partial charge in [-0.1, -0.05) is 6.07 Å². The number of carbonyl (C=O) groups excluding carboxylic acids is 1. The zero-order valence-electron chi connectivity index (χ0n) is 16.8. The summed E-state index contributed by atoms with van der Waals surface area (Å²) in [6.07, 6.45) is 0. The van der Waals surface area contributed by atoms with E-state index in [1.807, 2.05) is 0 Å². The minimum atomic E-state index is -3.89. The first kappa shape index (κ1) is 22.6. The lowest BCUT2D eigenvalue weighted by molar-refractivity contribution is -0.384. The van der Waals surface area contributed by atoms with Crippen LogP contribution in [0.5, 0.6) is 11.5 Å². The first-order valence-electron chi connectivity index (χ1n) is 9.21. The number of hydrogen-bond acceptors (Lipinski definition) is 7. The van der Waals surface area contributed by atoms with E-state index in [0.29, 0.717) is 11.4 Å². The molecule has 0 fully saturated rings. The number of methoxy groups -OCH3 is 1. The molecule has 10 nitrogen and oxygen atoms in total. The van der Waals surface area contributed by atoms with Gasteiger partial charge in [-0.3, -0.25) is 19.6 Å². The topological polar surface area (TPSA) is 137 Å². The Morgan fingerprint density at radius 3 is 2.25 bits per heavy atom. The van der Waals surface area contributed by atoms with Crippen LogP contribution >= 0.6 is 0 Å². The van der Waals surface area contributed by atoms with E-state index >= 15 is 0 Å². The molecular weight excluding hydrogens is 438 g/mol. The van der Waals surface area contributed by atoms with Crippen molar-refractivity contribution in [2.45, 2.75) is 4.90 Å². The standard InChI is InChI=1S/C21H19N3O7S/c1-30-18-9-5-15(6-10-18)23-32(28,29)20-4-2-3-16(13-20)22-21(25)14-31-19-11-7-17(8-12-19)24(26)27/h2-13,23H,14H2,1H3,(H,22,25). The minimum absolute atomic E-state index is 0.0394. The van der Waals surface area contributed by atoms with Crippen LogP contribution in [-0.4, -0.2) is 33.0 Å². The summed E-state index contributed by atoms with van der Waals surface area (Å²) in [7, 11) is -2.38. The number of amides is 1. The van der Waals surface area contributed by atoms with Gasteiger partial charge in [-0.05, 0) is 54.6 Å². The fraction of sp³-hybridized carbons (Fsp3) is 0.0952. The number of carbonyl (C=O) groups is 1. The van der Waals surface area contributed by atoms with E-state index in [0.717, 1.165) is 0 Å². The maximum absolute atomic E-state index is 12.7. The Balaban J connectivity index is 1.61. The van der Waals surface area contributed by atoms with Crippen LogP contribution in [0, 0.1) is 10.1 Å². The fourth-order valence-electron chi connectivity index (χ4n) is 2.62. The molecule has 0 bridgehead atoms. The monoisotopic (exact) mass is 457 g/mol. The van der Waals surface area contributed by atoms with Gasteiger partial charge in [0.2, 0.25) is 0 Å². The molecule has 0 saturated carbocycles. The van der Waals surface area contributed by atoms with Crippen LogP contribution in [0.25, 0.3) is 0 Å². The second kappa shape index (κ2) is 9.79. The smallest absolute Gasteiger partial charge is 0.269 e. The second-order valence-electron chi connectivity index (χ2n) is 6.45. The summed E-state index contributed by atoms with van der Waals surface area (Å²) < 4.78 is 38.1. The number of nitrogens with one attached hydrogen (secondary N) is 2. The molecule has 32 heavy (non-hydrogen) atoms. The lowest BCUT2D eigenvalue weighted by atomic mass is 10.3. The number of nitrogens with zero attached hydrogens (tertiary/aromatic N) is 1. The van der Waals surface area contributed by atoms with Crippen molar-refractivity contribution in [3.05, 3.63) is 82.9 Å². The summed E-state index contributed by atoms with van der Waals surface area (Å²) in [4.78, 5) is 22.2. The highest BCUT2D eigenvalue weighted by atomic mass is 32.2. The van der Waals surface area contributed by atoms with Crippen molar-refractivity contribution in [3.63, 3.8) is 0 Å². The number of nitro benzene ring substituents is 1. The molecule has 0 aromatic heterocycles. The van der Waals surface area contributed by atoms with E-state index in [-0.39, 0.29) is 28.6 Å². The fourth-order valence-corrected chi connectivity index (χ4v) is 3.73. The third-order valence-electron chi connectivity index (χ3n) is 4.19. The Bertz CT molecular complexity index is 1210. The van der Waals surface area contributed by atoms with Crippen LogP contribution in [0.1, 0.15) is 0 Å². The van der Waals surface area contributed by atoms with Gasteiger partial charge in [-0.2, -0.15) is 0 Å². The number of hydrogen-bond donors (Lipinski definition) is 2.